The molecule has 1 heterocycles. The van der Waals surface area contributed by atoms with Gasteiger partial charge in [0.25, 0.3) is 5.91 Å². The fourth-order valence-corrected chi connectivity index (χ4v) is 2.49. The molecule has 0 atom stereocenters. The number of hydrogen-bond acceptors (Lipinski definition) is 4. The van der Waals surface area contributed by atoms with Crippen molar-refractivity contribution in [2.45, 2.75) is 23.3 Å². The molecule has 0 bridgehead atoms. The molecule has 2 rings (SSSR count). The number of aliphatic hydroxyl groups is 1. The topological polar surface area (TPSA) is 62.2 Å². The van der Waals surface area contributed by atoms with Crippen molar-refractivity contribution in [3.8, 4) is 0 Å². The summed E-state index contributed by atoms with van der Waals surface area (Å²) < 4.78 is 0. The number of carbonyl (C=O) groups excluding carboxylic acids is 1. The zero-order chi connectivity index (χ0) is 14.4. The van der Waals surface area contributed by atoms with Gasteiger partial charge >= 0.3 is 0 Å². The van der Waals surface area contributed by atoms with Crippen molar-refractivity contribution in [2.75, 3.05) is 6.54 Å². The molecule has 5 heteroatoms. The first-order chi connectivity index (χ1) is 9.72. The van der Waals surface area contributed by atoms with Gasteiger partial charge < -0.3 is 10.4 Å². The van der Waals surface area contributed by atoms with Crippen molar-refractivity contribution >= 4 is 17.7 Å². The number of rotatable bonds is 5. The summed E-state index contributed by atoms with van der Waals surface area (Å²) in [5.41, 5.74) is 1.30. The summed E-state index contributed by atoms with van der Waals surface area (Å²) in [6, 6.07) is 11.3. The molecule has 104 valence electrons. The van der Waals surface area contributed by atoms with Gasteiger partial charge in [0.15, 0.2) is 0 Å². The second kappa shape index (κ2) is 7.07. The highest BCUT2D eigenvalue weighted by Crippen LogP contribution is 2.27. The first-order valence-electron chi connectivity index (χ1n) is 6.35. The Labute approximate surface area is 122 Å². The summed E-state index contributed by atoms with van der Waals surface area (Å²) in [4.78, 5) is 17.8. The Morgan fingerprint density at radius 1 is 1.25 bits per heavy atom. The van der Waals surface area contributed by atoms with Crippen molar-refractivity contribution in [1.29, 1.82) is 0 Å². The molecule has 0 spiro atoms. The lowest BCUT2D eigenvalue weighted by molar-refractivity contribution is 0.0950. The van der Waals surface area contributed by atoms with Crippen LogP contribution in [0.5, 0.6) is 0 Å². The highest BCUT2D eigenvalue weighted by Gasteiger charge is 2.07. The largest absolute Gasteiger partial charge is 0.392 e. The summed E-state index contributed by atoms with van der Waals surface area (Å²) in [5.74, 6) is -0.162. The van der Waals surface area contributed by atoms with E-state index >= 15 is 0 Å². The zero-order valence-corrected chi connectivity index (χ0v) is 12.0. The SMILES string of the molecule is CCNC(=O)c1cc(Sc2ccc(CO)cc2)ccn1. The quantitative estimate of drug-likeness (QED) is 0.887. The second-order valence-corrected chi connectivity index (χ2v) is 5.29. The molecule has 0 aliphatic heterocycles. The molecule has 1 aromatic heterocycles. The van der Waals surface area contributed by atoms with Crippen LogP contribution in [-0.2, 0) is 6.61 Å². The molecule has 0 radical (unpaired) electrons. The molecule has 2 N–H and O–H groups in total. The third-order valence-electron chi connectivity index (χ3n) is 2.64. The fourth-order valence-electron chi connectivity index (χ4n) is 1.65. The minimum absolute atomic E-state index is 0.0432. The van der Waals surface area contributed by atoms with E-state index in [0.717, 1.165) is 15.4 Å². The molecule has 2 aromatic rings. The van der Waals surface area contributed by atoms with Gasteiger partial charge in [0.1, 0.15) is 5.69 Å². The molecular formula is C15H16N2O2S. The van der Waals surface area contributed by atoms with Crippen LogP contribution in [0.25, 0.3) is 0 Å². The lowest BCUT2D eigenvalue weighted by Gasteiger charge is -2.05. The summed E-state index contributed by atoms with van der Waals surface area (Å²) in [7, 11) is 0. The third kappa shape index (κ3) is 3.82. The van der Waals surface area contributed by atoms with Crippen LogP contribution in [-0.4, -0.2) is 22.5 Å². The number of hydrogen-bond donors (Lipinski definition) is 2. The summed E-state index contributed by atoms with van der Waals surface area (Å²) in [6.07, 6.45) is 1.63. The van der Waals surface area contributed by atoms with E-state index in [9.17, 15) is 4.79 Å². The van der Waals surface area contributed by atoms with Gasteiger partial charge in [-0.15, -0.1) is 0 Å². The van der Waals surface area contributed by atoms with Crippen LogP contribution >= 0.6 is 11.8 Å². The number of benzene rings is 1. The van der Waals surface area contributed by atoms with E-state index in [-0.39, 0.29) is 12.5 Å². The van der Waals surface area contributed by atoms with Crippen molar-refractivity contribution in [1.82, 2.24) is 10.3 Å². The van der Waals surface area contributed by atoms with Gasteiger partial charge in [-0.25, -0.2) is 0 Å². The molecule has 0 saturated heterocycles. The van der Waals surface area contributed by atoms with Gasteiger partial charge in [-0.3, -0.25) is 9.78 Å². The molecule has 0 unspecified atom stereocenters. The van der Waals surface area contributed by atoms with E-state index in [4.69, 9.17) is 5.11 Å². The van der Waals surface area contributed by atoms with Crippen molar-refractivity contribution in [3.63, 3.8) is 0 Å². The van der Waals surface area contributed by atoms with E-state index in [0.29, 0.717) is 12.2 Å². The monoisotopic (exact) mass is 288 g/mol. The summed E-state index contributed by atoms with van der Waals surface area (Å²) in [6.45, 7) is 2.50. The van der Waals surface area contributed by atoms with Crippen LogP contribution in [0.3, 0.4) is 0 Å². The van der Waals surface area contributed by atoms with Gasteiger partial charge in [0.05, 0.1) is 6.61 Å². The number of carbonyl (C=O) groups is 1. The number of pyridine rings is 1. The number of aromatic nitrogens is 1. The Morgan fingerprint density at radius 2 is 2.00 bits per heavy atom. The maximum absolute atomic E-state index is 11.7. The Kier molecular flexibility index (Phi) is 5.15. The van der Waals surface area contributed by atoms with Gasteiger partial charge in [-0.1, -0.05) is 23.9 Å². The van der Waals surface area contributed by atoms with E-state index in [1.165, 1.54) is 0 Å². The minimum Gasteiger partial charge on any atom is -0.392 e. The molecule has 0 fully saturated rings. The predicted molar refractivity (Wildman–Crippen MR) is 78.7 cm³/mol. The predicted octanol–water partition coefficient (Wildman–Crippen LogP) is 2.47. The highest BCUT2D eigenvalue weighted by atomic mass is 32.2. The molecule has 1 amide bonds. The second-order valence-electron chi connectivity index (χ2n) is 4.14. The molecule has 1 aromatic carbocycles. The van der Waals surface area contributed by atoms with Gasteiger partial charge in [-0.2, -0.15) is 0 Å². The van der Waals surface area contributed by atoms with Crippen LogP contribution in [0, 0.1) is 0 Å². The fraction of sp³-hybridized carbons (Fsp3) is 0.200. The molecule has 0 aliphatic carbocycles. The van der Waals surface area contributed by atoms with Crippen molar-refractivity contribution in [2.24, 2.45) is 0 Å². The number of aliphatic hydroxyl groups excluding tert-OH is 1. The van der Waals surface area contributed by atoms with Crippen molar-refractivity contribution in [3.05, 3.63) is 53.9 Å². The first kappa shape index (κ1) is 14.6. The van der Waals surface area contributed by atoms with Gasteiger partial charge in [-0.05, 0) is 36.8 Å². The molecule has 20 heavy (non-hydrogen) atoms. The average molecular weight is 288 g/mol. The number of nitrogens with zero attached hydrogens (tertiary/aromatic N) is 1. The normalized spacial score (nSPS) is 10.3. The maximum Gasteiger partial charge on any atom is 0.269 e. The molecule has 0 saturated carbocycles. The standard InChI is InChI=1S/C15H16N2O2S/c1-2-16-15(19)14-9-13(7-8-17-14)20-12-5-3-11(10-18)4-6-12/h3-9,18H,2,10H2,1H3,(H,16,19). The third-order valence-corrected chi connectivity index (χ3v) is 3.64. The van der Waals surface area contributed by atoms with Crippen LogP contribution in [0.4, 0.5) is 0 Å². The number of amides is 1. The minimum atomic E-state index is -0.162. The highest BCUT2D eigenvalue weighted by molar-refractivity contribution is 7.99. The summed E-state index contributed by atoms with van der Waals surface area (Å²) >= 11 is 1.55. The first-order valence-corrected chi connectivity index (χ1v) is 7.16. The Balaban J connectivity index is 2.12. The smallest absolute Gasteiger partial charge is 0.269 e. The molecular weight excluding hydrogens is 272 g/mol. The van der Waals surface area contributed by atoms with E-state index in [1.807, 2.05) is 37.3 Å². The lowest BCUT2D eigenvalue weighted by Crippen LogP contribution is -2.23. The van der Waals surface area contributed by atoms with Crippen LogP contribution in [0.15, 0.2) is 52.4 Å². The van der Waals surface area contributed by atoms with Crippen molar-refractivity contribution < 1.29 is 9.90 Å². The average Bonchev–Trinajstić information content (AvgIpc) is 2.48. The van der Waals surface area contributed by atoms with E-state index < -0.39 is 0 Å². The molecule has 4 nitrogen and oxygen atoms in total. The number of nitrogens with one attached hydrogen (secondary N) is 1. The lowest BCUT2D eigenvalue weighted by atomic mass is 10.2. The Hall–Kier alpha value is -1.85. The van der Waals surface area contributed by atoms with Crippen LogP contribution < -0.4 is 5.32 Å². The molecule has 0 aliphatic rings. The Bertz CT molecular complexity index is 585. The Morgan fingerprint density at radius 3 is 2.65 bits per heavy atom. The van der Waals surface area contributed by atoms with E-state index in [1.54, 1.807) is 24.0 Å². The van der Waals surface area contributed by atoms with E-state index in [2.05, 4.69) is 10.3 Å². The summed E-state index contributed by atoms with van der Waals surface area (Å²) in [5, 5.41) is 11.7. The maximum atomic E-state index is 11.7. The zero-order valence-electron chi connectivity index (χ0n) is 11.2. The van der Waals surface area contributed by atoms with Crippen LogP contribution in [0.2, 0.25) is 0 Å². The van der Waals surface area contributed by atoms with Crippen LogP contribution in [0.1, 0.15) is 23.0 Å². The van der Waals surface area contributed by atoms with Gasteiger partial charge in [0.2, 0.25) is 0 Å². The van der Waals surface area contributed by atoms with Gasteiger partial charge in [0, 0.05) is 22.5 Å².